The fourth-order valence-corrected chi connectivity index (χ4v) is 3.29. The molecule has 1 rings (SSSR count). The molecule has 1 amide bonds. The summed E-state index contributed by atoms with van der Waals surface area (Å²) in [4.78, 5) is 15.3. The summed E-state index contributed by atoms with van der Waals surface area (Å²) in [5, 5.41) is 0. The van der Waals surface area contributed by atoms with Crippen LogP contribution >= 0.6 is 12.2 Å². The standard InChI is InChI=1S/C15H28N2OS/c1-4-17(11-12(2)3)14(18)15(13(16)19)9-7-5-6-8-10-15/h12H,4-11H2,1-3H3,(H2,16,19). The molecule has 0 spiro atoms. The zero-order chi connectivity index (χ0) is 14.5. The second-order valence-corrected chi connectivity index (χ2v) is 6.54. The van der Waals surface area contributed by atoms with Gasteiger partial charge < -0.3 is 10.6 Å². The maximum Gasteiger partial charge on any atom is 0.235 e. The molecule has 1 aliphatic rings. The van der Waals surface area contributed by atoms with Crippen LogP contribution < -0.4 is 5.73 Å². The van der Waals surface area contributed by atoms with Crippen molar-refractivity contribution in [1.82, 2.24) is 4.90 Å². The normalized spacial score (nSPS) is 18.9. The molecule has 110 valence electrons. The Bertz CT molecular complexity index is 320. The lowest BCUT2D eigenvalue weighted by Gasteiger charge is -2.36. The molecule has 1 aliphatic carbocycles. The van der Waals surface area contributed by atoms with Gasteiger partial charge >= 0.3 is 0 Å². The predicted molar refractivity (Wildman–Crippen MR) is 84.0 cm³/mol. The summed E-state index contributed by atoms with van der Waals surface area (Å²) >= 11 is 5.28. The summed E-state index contributed by atoms with van der Waals surface area (Å²) in [7, 11) is 0. The highest BCUT2D eigenvalue weighted by Crippen LogP contribution is 2.37. The van der Waals surface area contributed by atoms with E-state index < -0.39 is 5.41 Å². The molecule has 0 saturated heterocycles. The number of nitrogens with zero attached hydrogens (tertiary/aromatic N) is 1. The smallest absolute Gasteiger partial charge is 0.235 e. The Labute approximate surface area is 122 Å². The first-order chi connectivity index (χ1) is 8.94. The summed E-state index contributed by atoms with van der Waals surface area (Å²) in [6.45, 7) is 7.83. The van der Waals surface area contributed by atoms with Crippen LogP contribution in [0.2, 0.25) is 0 Å². The number of nitrogens with two attached hydrogens (primary N) is 1. The van der Waals surface area contributed by atoms with Crippen LogP contribution in [-0.2, 0) is 4.79 Å². The maximum atomic E-state index is 12.9. The third-order valence-corrected chi connectivity index (χ3v) is 4.48. The lowest BCUT2D eigenvalue weighted by Crippen LogP contribution is -2.51. The van der Waals surface area contributed by atoms with Gasteiger partial charge in [0.05, 0.1) is 10.4 Å². The van der Waals surface area contributed by atoms with Gasteiger partial charge in [-0.15, -0.1) is 0 Å². The molecular weight excluding hydrogens is 256 g/mol. The van der Waals surface area contributed by atoms with Crippen molar-refractivity contribution in [2.45, 2.75) is 59.3 Å². The first-order valence-electron chi connectivity index (χ1n) is 7.53. The molecule has 0 unspecified atom stereocenters. The Morgan fingerprint density at radius 2 is 1.79 bits per heavy atom. The number of carbonyl (C=O) groups excluding carboxylic acids is 1. The van der Waals surface area contributed by atoms with Gasteiger partial charge in [-0.25, -0.2) is 0 Å². The van der Waals surface area contributed by atoms with Crippen LogP contribution in [0.15, 0.2) is 0 Å². The minimum Gasteiger partial charge on any atom is -0.392 e. The number of carbonyl (C=O) groups is 1. The highest BCUT2D eigenvalue weighted by Gasteiger charge is 2.43. The second-order valence-electron chi connectivity index (χ2n) is 6.10. The van der Waals surface area contributed by atoms with E-state index in [1.165, 1.54) is 12.8 Å². The molecule has 0 radical (unpaired) electrons. The van der Waals surface area contributed by atoms with Crippen molar-refractivity contribution in [3.8, 4) is 0 Å². The largest absolute Gasteiger partial charge is 0.392 e. The van der Waals surface area contributed by atoms with Crippen LogP contribution in [0.5, 0.6) is 0 Å². The third-order valence-electron chi connectivity index (χ3n) is 4.09. The Hall–Kier alpha value is -0.640. The highest BCUT2D eigenvalue weighted by atomic mass is 32.1. The zero-order valence-electron chi connectivity index (χ0n) is 12.6. The maximum absolute atomic E-state index is 12.9. The molecule has 2 N–H and O–H groups in total. The van der Waals surface area contributed by atoms with E-state index >= 15 is 0 Å². The summed E-state index contributed by atoms with van der Waals surface area (Å²) < 4.78 is 0. The Morgan fingerprint density at radius 3 is 2.16 bits per heavy atom. The van der Waals surface area contributed by atoms with Gasteiger partial charge in [0, 0.05) is 13.1 Å². The van der Waals surface area contributed by atoms with Crippen molar-refractivity contribution in [2.75, 3.05) is 13.1 Å². The highest BCUT2D eigenvalue weighted by molar-refractivity contribution is 7.80. The van der Waals surface area contributed by atoms with Crippen molar-refractivity contribution in [3.05, 3.63) is 0 Å². The Kier molecular flexibility index (Phi) is 6.24. The quantitative estimate of drug-likeness (QED) is 0.623. The van der Waals surface area contributed by atoms with Gasteiger partial charge in [-0.05, 0) is 25.7 Å². The minimum absolute atomic E-state index is 0.165. The molecule has 0 aromatic heterocycles. The molecule has 0 aromatic rings. The molecule has 4 heteroatoms. The van der Waals surface area contributed by atoms with Gasteiger partial charge in [0.1, 0.15) is 0 Å². The fourth-order valence-electron chi connectivity index (χ4n) is 3.00. The van der Waals surface area contributed by atoms with Crippen molar-refractivity contribution in [2.24, 2.45) is 17.1 Å². The molecule has 1 fully saturated rings. The van der Waals surface area contributed by atoms with Crippen LogP contribution in [0.3, 0.4) is 0 Å². The van der Waals surface area contributed by atoms with Gasteiger partial charge in [0.15, 0.2) is 0 Å². The number of thiocarbonyl (C=S) groups is 1. The average molecular weight is 284 g/mol. The molecular formula is C15H28N2OS. The first kappa shape index (κ1) is 16.4. The van der Waals surface area contributed by atoms with E-state index in [1.807, 2.05) is 11.8 Å². The summed E-state index contributed by atoms with van der Waals surface area (Å²) in [5.41, 5.74) is 5.41. The van der Waals surface area contributed by atoms with Crippen LogP contribution in [0.25, 0.3) is 0 Å². The zero-order valence-corrected chi connectivity index (χ0v) is 13.4. The molecule has 3 nitrogen and oxygen atoms in total. The number of hydrogen-bond acceptors (Lipinski definition) is 2. The first-order valence-corrected chi connectivity index (χ1v) is 7.94. The topological polar surface area (TPSA) is 46.3 Å². The van der Waals surface area contributed by atoms with Crippen LogP contribution in [0.4, 0.5) is 0 Å². The van der Waals surface area contributed by atoms with Gasteiger partial charge in [0.25, 0.3) is 0 Å². The fraction of sp³-hybridized carbons (Fsp3) is 0.867. The minimum atomic E-state index is -0.573. The number of amides is 1. The van der Waals surface area contributed by atoms with E-state index in [2.05, 4.69) is 13.8 Å². The van der Waals surface area contributed by atoms with E-state index in [0.717, 1.165) is 38.8 Å². The summed E-state index contributed by atoms with van der Waals surface area (Å²) in [5.74, 6) is 0.635. The molecule has 0 bridgehead atoms. The van der Waals surface area contributed by atoms with Crippen molar-refractivity contribution >= 4 is 23.1 Å². The van der Waals surface area contributed by atoms with E-state index in [1.54, 1.807) is 0 Å². The van der Waals surface area contributed by atoms with E-state index in [9.17, 15) is 4.79 Å². The Morgan fingerprint density at radius 1 is 1.26 bits per heavy atom. The monoisotopic (exact) mass is 284 g/mol. The number of hydrogen-bond donors (Lipinski definition) is 1. The second kappa shape index (κ2) is 7.22. The van der Waals surface area contributed by atoms with Crippen molar-refractivity contribution < 1.29 is 4.79 Å². The van der Waals surface area contributed by atoms with Gasteiger partial charge in [-0.2, -0.15) is 0 Å². The van der Waals surface area contributed by atoms with Crippen LogP contribution in [-0.4, -0.2) is 28.9 Å². The summed E-state index contributed by atoms with van der Waals surface area (Å²) in [6, 6.07) is 0. The molecule has 0 aliphatic heterocycles. The average Bonchev–Trinajstić information content (AvgIpc) is 2.61. The lowest BCUT2D eigenvalue weighted by atomic mass is 9.78. The van der Waals surface area contributed by atoms with E-state index in [0.29, 0.717) is 10.9 Å². The predicted octanol–water partition coefficient (Wildman–Crippen LogP) is 3.12. The molecule has 0 atom stereocenters. The van der Waals surface area contributed by atoms with E-state index in [4.69, 9.17) is 18.0 Å². The molecule has 19 heavy (non-hydrogen) atoms. The van der Waals surface area contributed by atoms with Gasteiger partial charge in [-0.3, -0.25) is 4.79 Å². The van der Waals surface area contributed by atoms with Crippen LogP contribution in [0.1, 0.15) is 59.3 Å². The van der Waals surface area contributed by atoms with E-state index in [-0.39, 0.29) is 5.91 Å². The molecule has 0 aromatic carbocycles. The van der Waals surface area contributed by atoms with Crippen LogP contribution in [0, 0.1) is 11.3 Å². The Balaban J connectivity index is 2.96. The summed E-state index contributed by atoms with van der Waals surface area (Å²) in [6.07, 6.45) is 6.15. The van der Waals surface area contributed by atoms with Gasteiger partial charge in [0.2, 0.25) is 5.91 Å². The SMILES string of the molecule is CCN(CC(C)C)C(=O)C1(C(N)=S)CCCCCC1. The molecule has 0 heterocycles. The molecule has 1 saturated carbocycles. The van der Waals surface area contributed by atoms with Crippen molar-refractivity contribution in [1.29, 1.82) is 0 Å². The number of rotatable bonds is 5. The van der Waals surface area contributed by atoms with Gasteiger partial charge in [-0.1, -0.05) is 51.7 Å². The van der Waals surface area contributed by atoms with Crippen molar-refractivity contribution in [3.63, 3.8) is 0 Å². The third kappa shape index (κ3) is 3.91. The lowest BCUT2D eigenvalue weighted by molar-refractivity contribution is -0.139.